The van der Waals surface area contributed by atoms with Crippen LogP contribution < -0.4 is 10.1 Å². The molecular weight excluding hydrogens is 267 g/mol. The van der Waals surface area contributed by atoms with Gasteiger partial charge in [-0.3, -0.25) is 0 Å². The minimum atomic E-state index is -4.30. The van der Waals surface area contributed by atoms with Gasteiger partial charge in [0.15, 0.2) is 0 Å². The van der Waals surface area contributed by atoms with Gasteiger partial charge in [0.25, 0.3) is 0 Å². The summed E-state index contributed by atoms with van der Waals surface area (Å²) in [5, 5.41) is 3.27. The van der Waals surface area contributed by atoms with Crippen molar-refractivity contribution in [3.63, 3.8) is 0 Å². The summed E-state index contributed by atoms with van der Waals surface area (Å²) in [5.74, 6) is 0.760. The normalized spacial score (nSPS) is 17.9. The van der Waals surface area contributed by atoms with E-state index in [1.54, 1.807) is 0 Å². The van der Waals surface area contributed by atoms with Gasteiger partial charge in [-0.05, 0) is 29.8 Å². The average molecular weight is 279 g/mol. The van der Waals surface area contributed by atoms with E-state index in [2.05, 4.69) is 5.32 Å². The molecule has 2 nitrogen and oxygen atoms in total. The molecule has 1 heterocycles. The maximum Gasteiger partial charge on any atom is 0.416 e. The minimum absolute atomic E-state index is 0.146. The van der Waals surface area contributed by atoms with Crippen LogP contribution in [0, 0.1) is 0 Å². The van der Waals surface area contributed by atoms with Crippen LogP contribution >= 0.6 is 0 Å². The van der Waals surface area contributed by atoms with Gasteiger partial charge in [-0.2, -0.15) is 13.2 Å². The molecule has 0 saturated carbocycles. The van der Waals surface area contributed by atoms with E-state index >= 15 is 0 Å². The molecular formula is C15H12F3NO. The molecule has 1 aliphatic heterocycles. The van der Waals surface area contributed by atoms with Crippen molar-refractivity contribution < 1.29 is 17.9 Å². The van der Waals surface area contributed by atoms with Crippen molar-refractivity contribution in [3.05, 3.63) is 59.7 Å². The summed E-state index contributed by atoms with van der Waals surface area (Å²) >= 11 is 0. The maximum absolute atomic E-state index is 12.5. The molecule has 1 N–H and O–H groups in total. The van der Waals surface area contributed by atoms with Gasteiger partial charge < -0.3 is 10.1 Å². The molecule has 0 aromatic heterocycles. The van der Waals surface area contributed by atoms with Gasteiger partial charge >= 0.3 is 6.18 Å². The van der Waals surface area contributed by atoms with Crippen LogP contribution in [0.2, 0.25) is 0 Å². The first-order valence-corrected chi connectivity index (χ1v) is 6.19. The number of anilines is 1. The van der Waals surface area contributed by atoms with Gasteiger partial charge in [-0.1, -0.05) is 24.3 Å². The molecule has 20 heavy (non-hydrogen) atoms. The van der Waals surface area contributed by atoms with E-state index in [9.17, 15) is 13.2 Å². The average Bonchev–Trinajstić information content (AvgIpc) is 2.46. The SMILES string of the molecule is FC(F)(F)c1ccc([C@H]2COc3ccccc3N2)cc1. The van der Waals surface area contributed by atoms with Crippen LogP contribution in [0.1, 0.15) is 17.2 Å². The second-order valence-electron chi connectivity index (χ2n) is 4.62. The monoisotopic (exact) mass is 279 g/mol. The highest BCUT2D eigenvalue weighted by Crippen LogP contribution is 2.34. The van der Waals surface area contributed by atoms with Crippen molar-refractivity contribution >= 4 is 5.69 Å². The standard InChI is InChI=1S/C15H12F3NO/c16-15(17,18)11-7-5-10(6-8-11)13-9-20-14-4-2-1-3-12(14)19-13/h1-8,13,19H,9H2/t13-/m1/s1. The third-order valence-corrected chi connectivity index (χ3v) is 3.26. The van der Waals surface area contributed by atoms with Crippen molar-refractivity contribution in [1.82, 2.24) is 0 Å². The molecule has 0 amide bonds. The van der Waals surface area contributed by atoms with Crippen LogP contribution in [0.15, 0.2) is 48.5 Å². The highest BCUT2D eigenvalue weighted by molar-refractivity contribution is 5.59. The summed E-state index contributed by atoms with van der Waals surface area (Å²) in [6.45, 7) is 0.391. The van der Waals surface area contributed by atoms with Crippen molar-refractivity contribution in [2.45, 2.75) is 12.2 Å². The molecule has 0 unspecified atom stereocenters. The zero-order chi connectivity index (χ0) is 14.2. The number of nitrogens with one attached hydrogen (secondary N) is 1. The number of halogens is 3. The van der Waals surface area contributed by atoms with Gasteiger partial charge in [0.2, 0.25) is 0 Å². The fourth-order valence-corrected chi connectivity index (χ4v) is 2.20. The molecule has 3 rings (SSSR count). The van der Waals surface area contributed by atoms with Gasteiger partial charge in [-0.25, -0.2) is 0 Å². The summed E-state index contributed by atoms with van der Waals surface area (Å²) in [6, 6.07) is 12.5. The summed E-state index contributed by atoms with van der Waals surface area (Å²) in [4.78, 5) is 0. The van der Waals surface area contributed by atoms with Crippen LogP contribution in [-0.4, -0.2) is 6.61 Å². The second kappa shape index (κ2) is 4.74. The minimum Gasteiger partial charge on any atom is -0.489 e. The number of hydrogen-bond acceptors (Lipinski definition) is 2. The Morgan fingerprint density at radius 1 is 1.00 bits per heavy atom. The lowest BCUT2D eigenvalue weighted by Gasteiger charge is -2.27. The van der Waals surface area contributed by atoms with Gasteiger partial charge in [0, 0.05) is 0 Å². The van der Waals surface area contributed by atoms with Crippen molar-refractivity contribution in [1.29, 1.82) is 0 Å². The van der Waals surface area contributed by atoms with E-state index in [-0.39, 0.29) is 6.04 Å². The van der Waals surface area contributed by atoms with E-state index in [4.69, 9.17) is 4.74 Å². The van der Waals surface area contributed by atoms with Gasteiger partial charge in [-0.15, -0.1) is 0 Å². The molecule has 1 atom stereocenters. The van der Waals surface area contributed by atoms with Crippen LogP contribution in [0.5, 0.6) is 5.75 Å². The number of rotatable bonds is 1. The first-order valence-electron chi connectivity index (χ1n) is 6.19. The quantitative estimate of drug-likeness (QED) is 0.842. The molecule has 0 fully saturated rings. The molecule has 1 aliphatic rings. The molecule has 104 valence electrons. The summed E-state index contributed by atoms with van der Waals surface area (Å²) in [7, 11) is 0. The Morgan fingerprint density at radius 2 is 1.70 bits per heavy atom. The summed E-state index contributed by atoms with van der Waals surface area (Å²) < 4.78 is 43.2. The third kappa shape index (κ3) is 2.43. The molecule has 5 heteroatoms. The number of benzene rings is 2. The molecule has 0 bridgehead atoms. The predicted molar refractivity (Wildman–Crippen MR) is 69.7 cm³/mol. The lowest BCUT2D eigenvalue weighted by molar-refractivity contribution is -0.137. The molecule has 0 radical (unpaired) electrons. The number of hydrogen-bond donors (Lipinski definition) is 1. The first kappa shape index (κ1) is 12.8. The van der Waals surface area contributed by atoms with Crippen molar-refractivity contribution in [2.24, 2.45) is 0 Å². The largest absolute Gasteiger partial charge is 0.489 e. The summed E-state index contributed by atoms with van der Waals surface area (Å²) in [6.07, 6.45) is -4.30. The lowest BCUT2D eigenvalue weighted by atomic mass is 10.0. The highest BCUT2D eigenvalue weighted by atomic mass is 19.4. The van der Waals surface area contributed by atoms with Crippen molar-refractivity contribution in [3.8, 4) is 5.75 Å². The van der Waals surface area contributed by atoms with Crippen molar-refractivity contribution in [2.75, 3.05) is 11.9 Å². The van der Waals surface area contributed by atoms with Crippen LogP contribution in [-0.2, 0) is 6.18 Å². The Balaban J connectivity index is 1.81. The number of fused-ring (bicyclic) bond motifs is 1. The third-order valence-electron chi connectivity index (χ3n) is 3.26. The zero-order valence-corrected chi connectivity index (χ0v) is 10.4. The van der Waals surface area contributed by atoms with Crippen LogP contribution in [0.25, 0.3) is 0 Å². The molecule has 0 spiro atoms. The topological polar surface area (TPSA) is 21.3 Å². The molecule has 2 aromatic carbocycles. The Morgan fingerprint density at radius 3 is 2.40 bits per heavy atom. The maximum atomic E-state index is 12.5. The molecule has 0 aliphatic carbocycles. The van der Waals surface area contributed by atoms with E-state index in [0.29, 0.717) is 6.61 Å². The van der Waals surface area contributed by atoms with E-state index in [1.807, 2.05) is 24.3 Å². The second-order valence-corrected chi connectivity index (χ2v) is 4.62. The number of para-hydroxylation sites is 2. The van der Waals surface area contributed by atoms with E-state index < -0.39 is 11.7 Å². The van der Waals surface area contributed by atoms with Crippen LogP contribution in [0.3, 0.4) is 0 Å². The highest BCUT2D eigenvalue weighted by Gasteiger charge is 2.30. The Kier molecular flexibility index (Phi) is 3.04. The smallest absolute Gasteiger partial charge is 0.416 e. The fraction of sp³-hybridized carbons (Fsp3) is 0.200. The Labute approximate surface area is 114 Å². The van der Waals surface area contributed by atoms with E-state index in [1.165, 1.54) is 12.1 Å². The van der Waals surface area contributed by atoms with Crippen LogP contribution in [0.4, 0.5) is 18.9 Å². The predicted octanol–water partition coefficient (Wildman–Crippen LogP) is 4.25. The summed E-state index contributed by atoms with van der Waals surface area (Å²) in [5.41, 5.74) is 0.981. The lowest BCUT2D eigenvalue weighted by Crippen LogP contribution is -2.23. The Hall–Kier alpha value is -2.17. The number of ether oxygens (including phenoxy) is 1. The zero-order valence-electron chi connectivity index (χ0n) is 10.4. The Bertz CT molecular complexity index is 607. The number of alkyl halides is 3. The fourth-order valence-electron chi connectivity index (χ4n) is 2.20. The molecule has 2 aromatic rings. The van der Waals surface area contributed by atoms with E-state index in [0.717, 1.165) is 29.1 Å². The first-order chi connectivity index (χ1) is 9.54. The van der Waals surface area contributed by atoms with Gasteiger partial charge in [0.05, 0.1) is 17.3 Å². The molecule has 0 saturated heterocycles. The van der Waals surface area contributed by atoms with Gasteiger partial charge in [0.1, 0.15) is 12.4 Å².